The van der Waals surface area contributed by atoms with E-state index in [0.29, 0.717) is 31.9 Å². The minimum atomic E-state index is -0.242. The zero-order valence-electron chi connectivity index (χ0n) is 13.1. The van der Waals surface area contributed by atoms with Crippen LogP contribution in [0.5, 0.6) is 0 Å². The van der Waals surface area contributed by atoms with Crippen LogP contribution in [0.4, 0.5) is 0 Å². The molecule has 6 nitrogen and oxygen atoms in total. The molecular weight excluding hydrogens is 270 g/mol. The molecule has 0 radical (unpaired) electrons. The van der Waals surface area contributed by atoms with Crippen LogP contribution < -0.4 is 5.32 Å². The molecule has 0 aliphatic rings. The number of hydrogen-bond acceptors (Lipinski definition) is 4. The highest BCUT2D eigenvalue weighted by Gasteiger charge is 2.17. The first-order valence-corrected chi connectivity index (χ1v) is 7.62. The van der Waals surface area contributed by atoms with Gasteiger partial charge in [0.2, 0.25) is 11.8 Å². The van der Waals surface area contributed by atoms with Gasteiger partial charge in [-0.15, -0.1) is 0 Å². The molecule has 2 amide bonds. The van der Waals surface area contributed by atoms with E-state index in [-0.39, 0.29) is 17.5 Å². The van der Waals surface area contributed by atoms with E-state index in [1.807, 2.05) is 20.8 Å². The van der Waals surface area contributed by atoms with Crippen molar-refractivity contribution in [2.45, 2.75) is 53.0 Å². The van der Waals surface area contributed by atoms with Gasteiger partial charge in [-0.3, -0.25) is 9.59 Å². The van der Waals surface area contributed by atoms with Crippen LogP contribution >= 0.6 is 0 Å². The summed E-state index contributed by atoms with van der Waals surface area (Å²) in [6.07, 6.45) is 4.42. The molecule has 1 heterocycles. The average molecular weight is 295 g/mol. The standard InChI is InChI=1S/C15H25N3O3/c1-4-7-14(19)18(9-6-3)10-13-17-12(11-21-13)15(20)16-8-5-2/h11H,4-10H2,1-3H3,(H,16,20). The summed E-state index contributed by atoms with van der Waals surface area (Å²) in [7, 11) is 0. The topological polar surface area (TPSA) is 75.4 Å². The highest BCUT2D eigenvalue weighted by Crippen LogP contribution is 2.09. The molecule has 0 fully saturated rings. The van der Waals surface area contributed by atoms with Gasteiger partial charge >= 0.3 is 0 Å². The molecule has 1 aromatic heterocycles. The summed E-state index contributed by atoms with van der Waals surface area (Å²) in [5, 5.41) is 2.74. The third kappa shape index (κ3) is 5.57. The summed E-state index contributed by atoms with van der Waals surface area (Å²) in [5.41, 5.74) is 0.262. The van der Waals surface area contributed by atoms with Gasteiger partial charge in [-0.1, -0.05) is 20.8 Å². The van der Waals surface area contributed by atoms with Gasteiger partial charge < -0.3 is 14.6 Å². The lowest BCUT2D eigenvalue weighted by Gasteiger charge is -2.20. The van der Waals surface area contributed by atoms with Gasteiger partial charge in [0.25, 0.3) is 5.91 Å². The van der Waals surface area contributed by atoms with Gasteiger partial charge in [-0.05, 0) is 19.3 Å². The Morgan fingerprint density at radius 2 is 2.00 bits per heavy atom. The number of rotatable bonds is 9. The van der Waals surface area contributed by atoms with Gasteiger partial charge in [-0.2, -0.15) is 0 Å². The molecule has 0 saturated heterocycles. The fraction of sp³-hybridized carbons (Fsp3) is 0.667. The molecule has 118 valence electrons. The van der Waals surface area contributed by atoms with Crippen LogP contribution in [0, 0.1) is 0 Å². The Balaban J connectivity index is 2.65. The first-order valence-electron chi connectivity index (χ1n) is 7.62. The molecule has 0 aromatic carbocycles. The zero-order chi connectivity index (χ0) is 15.7. The lowest BCUT2D eigenvalue weighted by molar-refractivity contribution is -0.132. The van der Waals surface area contributed by atoms with Crippen LogP contribution in [0.3, 0.4) is 0 Å². The van der Waals surface area contributed by atoms with E-state index >= 15 is 0 Å². The van der Waals surface area contributed by atoms with Crippen LogP contribution in [-0.4, -0.2) is 34.8 Å². The van der Waals surface area contributed by atoms with Crippen LogP contribution in [0.1, 0.15) is 62.8 Å². The largest absolute Gasteiger partial charge is 0.446 e. The van der Waals surface area contributed by atoms with Gasteiger partial charge in [0, 0.05) is 19.5 Å². The number of carbonyl (C=O) groups excluding carboxylic acids is 2. The molecular formula is C15H25N3O3. The second-order valence-electron chi connectivity index (χ2n) is 4.95. The van der Waals surface area contributed by atoms with Crippen LogP contribution in [0.15, 0.2) is 10.7 Å². The number of amides is 2. The number of nitrogens with one attached hydrogen (secondary N) is 1. The van der Waals surface area contributed by atoms with Crippen molar-refractivity contribution in [2.75, 3.05) is 13.1 Å². The maximum absolute atomic E-state index is 12.0. The summed E-state index contributed by atoms with van der Waals surface area (Å²) >= 11 is 0. The smallest absolute Gasteiger partial charge is 0.273 e. The predicted molar refractivity (Wildman–Crippen MR) is 79.7 cm³/mol. The van der Waals surface area contributed by atoms with Gasteiger partial charge in [0.1, 0.15) is 6.26 Å². The van der Waals surface area contributed by atoms with Crippen molar-refractivity contribution in [3.05, 3.63) is 17.8 Å². The highest BCUT2D eigenvalue weighted by molar-refractivity contribution is 5.91. The number of carbonyl (C=O) groups is 2. The van der Waals surface area contributed by atoms with E-state index in [0.717, 1.165) is 19.3 Å². The van der Waals surface area contributed by atoms with E-state index in [2.05, 4.69) is 10.3 Å². The number of oxazole rings is 1. The van der Waals surface area contributed by atoms with E-state index in [1.165, 1.54) is 6.26 Å². The molecule has 6 heteroatoms. The number of aromatic nitrogens is 1. The van der Waals surface area contributed by atoms with Crippen molar-refractivity contribution in [3.63, 3.8) is 0 Å². The van der Waals surface area contributed by atoms with Crippen molar-refractivity contribution in [1.29, 1.82) is 0 Å². The summed E-state index contributed by atoms with van der Waals surface area (Å²) in [4.78, 5) is 29.6. The van der Waals surface area contributed by atoms with Gasteiger partial charge in [-0.25, -0.2) is 4.98 Å². The predicted octanol–water partition coefficient (Wildman–Crippen LogP) is 2.35. The van der Waals surface area contributed by atoms with Crippen molar-refractivity contribution in [2.24, 2.45) is 0 Å². The van der Waals surface area contributed by atoms with Crippen molar-refractivity contribution in [3.8, 4) is 0 Å². The molecule has 1 rings (SSSR count). The second-order valence-corrected chi connectivity index (χ2v) is 4.95. The second kappa shape index (κ2) is 9.15. The first-order chi connectivity index (χ1) is 10.1. The normalized spacial score (nSPS) is 10.4. The van der Waals surface area contributed by atoms with E-state index in [9.17, 15) is 9.59 Å². The highest BCUT2D eigenvalue weighted by atomic mass is 16.3. The minimum Gasteiger partial charge on any atom is -0.446 e. The Labute approximate surface area is 125 Å². The minimum absolute atomic E-state index is 0.0922. The summed E-state index contributed by atoms with van der Waals surface area (Å²) in [6, 6.07) is 0. The molecule has 0 unspecified atom stereocenters. The molecule has 21 heavy (non-hydrogen) atoms. The average Bonchev–Trinajstić information content (AvgIpc) is 2.93. The maximum atomic E-state index is 12.0. The Morgan fingerprint density at radius 1 is 1.24 bits per heavy atom. The Kier molecular flexibility index (Phi) is 7.50. The molecule has 0 atom stereocenters. The first kappa shape index (κ1) is 17.2. The Hall–Kier alpha value is -1.85. The Bertz CT molecular complexity index is 457. The number of nitrogens with zero attached hydrogens (tertiary/aromatic N) is 2. The molecule has 0 spiro atoms. The quantitative estimate of drug-likeness (QED) is 0.758. The zero-order valence-corrected chi connectivity index (χ0v) is 13.1. The van der Waals surface area contributed by atoms with Crippen molar-refractivity contribution in [1.82, 2.24) is 15.2 Å². The lowest BCUT2D eigenvalue weighted by Crippen LogP contribution is -2.31. The number of hydrogen-bond donors (Lipinski definition) is 1. The molecule has 0 bridgehead atoms. The monoisotopic (exact) mass is 295 g/mol. The van der Waals surface area contributed by atoms with E-state index in [1.54, 1.807) is 4.90 Å². The van der Waals surface area contributed by atoms with Crippen molar-refractivity contribution < 1.29 is 14.0 Å². The molecule has 0 aliphatic carbocycles. The van der Waals surface area contributed by atoms with Crippen LogP contribution in [-0.2, 0) is 11.3 Å². The fourth-order valence-corrected chi connectivity index (χ4v) is 1.91. The van der Waals surface area contributed by atoms with Gasteiger partial charge in [0.05, 0.1) is 6.54 Å². The fourth-order valence-electron chi connectivity index (χ4n) is 1.91. The van der Waals surface area contributed by atoms with E-state index < -0.39 is 0 Å². The summed E-state index contributed by atoms with van der Waals surface area (Å²) in [5.74, 6) is 0.248. The van der Waals surface area contributed by atoms with Crippen LogP contribution in [0.25, 0.3) is 0 Å². The lowest BCUT2D eigenvalue weighted by atomic mass is 10.3. The van der Waals surface area contributed by atoms with Crippen LogP contribution in [0.2, 0.25) is 0 Å². The molecule has 1 aromatic rings. The molecule has 1 N–H and O–H groups in total. The molecule has 0 aliphatic heterocycles. The van der Waals surface area contributed by atoms with Crippen molar-refractivity contribution >= 4 is 11.8 Å². The molecule has 0 saturated carbocycles. The third-order valence-corrected chi connectivity index (χ3v) is 2.96. The summed E-state index contributed by atoms with van der Waals surface area (Å²) in [6.45, 7) is 7.56. The van der Waals surface area contributed by atoms with Gasteiger partial charge in [0.15, 0.2) is 5.69 Å². The Morgan fingerprint density at radius 3 is 2.62 bits per heavy atom. The van der Waals surface area contributed by atoms with E-state index in [4.69, 9.17) is 4.42 Å². The third-order valence-electron chi connectivity index (χ3n) is 2.96. The SMILES string of the molecule is CCCNC(=O)c1coc(CN(CCC)C(=O)CCC)n1. The maximum Gasteiger partial charge on any atom is 0.273 e. The summed E-state index contributed by atoms with van der Waals surface area (Å²) < 4.78 is 5.31.